The zero-order chi connectivity index (χ0) is 20.9. The average molecular weight is 376 g/mol. The van der Waals surface area contributed by atoms with Crippen molar-refractivity contribution in [2.45, 2.75) is 40.5 Å². The fourth-order valence-corrected chi connectivity index (χ4v) is 4.01. The van der Waals surface area contributed by atoms with Gasteiger partial charge in [-0.2, -0.15) is 0 Å². The second-order valence-corrected chi connectivity index (χ2v) is 8.55. The topological polar surface area (TPSA) is 68.3 Å². The van der Waals surface area contributed by atoms with Gasteiger partial charge in [-0.15, -0.1) is 0 Å². The molecule has 1 fully saturated rings. The number of benzene rings is 2. The van der Waals surface area contributed by atoms with Crippen LogP contribution in [0.2, 0.25) is 0 Å². The molecule has 0 atom stereocenters. The number of ketones is 3. The van der Waals surface area contributed by atoms with Crippen molar-refractivity contribution >= 4 is 23.6 Å². The number of aldehydes is 1. The minimum absolute atomic E-state index is 0.329. The Kier molecular flexibility index (Phi) is 4.70. The van der Waals surface area contributed by atoms with Crippen molar-refractivity contribution < 1.29 is 19.2 Å². The number of rotatable bonds is 3. The van der Waals surface area contributed by atoms with E-state index < -0.39 is 16.7 Å². The fourth-order valence-electron chi connectivity index (χ4n) is 4.01. The lowest BCUT2D eigenvalue weighted by Crippen LogP contribution is -2.56. The predicted molar refractivity (Wildman–Crippen MR) is 107 cm³/mol. The summed E-state index contributed by atoms with van der Waals surface area (Å²) in [6, 6.07) is 12.8. The fraction of sp³-hybridized carbons (Fsp3) is 0.333. The first kappa shape index (κ1) is 19.9. The SMILES string of the molecule is Cc1ccc(-c2ccc(C=O)cc2)cc1C1C(=O)C(C)(C)C(=O)C(C)(C)C1=O. The first-order valence-electron chi connectivity index (χ1n) is 9.31. The van der Waals surface area contributed by atoms with Crippen LogP contribution < -0.4 is 0 Å². The third kappa shape index (κ3) is 2.93. The first-order chi connectivity index (χ1) is 13.0. The molecule has 1 aliphatic rings. The largest absolute Gasteiger partial charge is 0.298 e. The quantitative estimate of drug-likeness (QED) is 0.591. The minimum atomic E-state index is -1.21. The van der Waals surface area contributed by atoms with Gasteiger partial charge in [-0.05, 0) is 62.9 Å². The van der Waals surface area contributed by atoms with Crippen LogP contribution in [-0.2, 0) is 14.4 Å². The third-order valence-electron chi connectivity index (χ3n) is 5.86. The number of hydrogen-bond acceptors (Lipinski definition) is 4. The smallest absolute Gasteiger partial charge is 0.160 e. The van der Waals surface area contributed by atoms with Gasteiger partial charge in [-0.1, -0.05) is 36.4 Å². The van der Waals surface area contributed by atoms with Gasteiger partial charge in [0.2, 0.25) is 0 Å². The molecule has 0 saturated heterocycles. The lowest BCUT2D eigenvalue weighted by molar-refractivity contribution is -0.157. The number of carbonyl (C=O) groups is 4. The molecular formula is C24H24O4. The molecule has 4 heteroatoms. The summed E-state index contributed by atoms with van der Waals surface area (Å²) in [6.07, 6.45) is 0.783. The van der Waals surface area contributed by atoms with Gasteiger partial charge in [0, 0.05) is 5.56 Å². The van der Waals surface area contributed by atoms with E-state index in [9.17, 15) is 19.2 Å². The van der Waals surface area contributed by atoms with Crippen LogP contribution in [-0.4, -0.2) is 23.6 Å². The molecular weight excluding hydrogens is 352 g/mol. The number of hydrogen-bond donors (Lipinski definition) is 0. The maximum Gasteiger partial charge on any atom is 0.160 e. The standard InChI is InChI=1S/C24H24O4/c1-14-6-9-17(16-10-7-15(13-25)8-11-16)12-18(14)19-20(26)23(2,3)22(28)24(4,5)21(19)27/h6-13,19H,1-5H3. The van der Waals surface area contributed by atoms with E-state index in [-0.39, 0.29) is 17.3 Å². The van der Waals surface area contributed by atoms with E-state index in [1.54, 1.807) is 39.8 Å². The van der Waals surface area contributed by atoms with Crippen LogP contribution in [0.25, 0.3) is 11.1 Å². The van der Waals surface area contributed by atoms with Gasteiger partial charge in [0.1, 0.15) is 12.2 Å². The van der Waals surface area contributed by atoms with E-state index >= 15 is 0 Å². The highest BCUT2D eigenvalue weighted by molar-refractivity contribution is 6.30. The summed E-state index contributed by atoms with van der Waals surface area (Å²) in [7, 11) is 0. The molecule has 0 radical (unpaired) electrons. The second-order valence-electron chi connectivity index (χ2n) is 8.55. The number of Topliss-reactive ketones (excluding diaryl/α,β-unsaturated/α-hetero) is 3. The number of carbonyl (C=O) groups excluding carboxylic acids is 4. The van der Waals surface area contributed by atoms with Crippen LogP contribution in [0, 0.1) is 17.8 Å². The van der Waals surface area contributed by atoms with E-state index in [2.05, 4.69) is 0 Å². The van der Waals surface area contributed by atoms with E-state index in [0.717, 1.165) is 23.0 Å². The molecule has 0 N–H and O–H groups in total. The molecule has 28 heavy (non-hydrogen) atoms. The van der Waals surface area contributed by atoms with E-state index in [4.69, 9.17) is 0 Å². The summed E-state index contributed by atoms with van der Waals surface area (Å²) >= 11 is 0. The van der Waals surface area contributed by atoms with Gasteiger partial charge < -0.3 is 0 Å². The Hall–Kier alpha value is -2.88. The predicted octanol–water partition coefficient (Wildman–Crippen LogP) is 4.33. The summed E-state index contributed by atoms with van der Waals surface area (Å²) in [5, 5.41) is 0. The summed E-state index contributed by atoms with van der Waals surface area (Å²) in [5.41, 5.74) is 1.37. The molecule has 0 aliphatic heterocycles. The molecule has 1 aliphatic carbocycles. The van der Waals surface area contributed by atoms with Gasteiger partial charge in [-0.3, -0.25) is 19.2 Å². The Morgan fingerprint density at radius 2 is 1.29 bits per heavy atom. The monoisotopic (exact) mass is 376 g/mol. The molecule has 2 aromatic carbocycles. The van der Waals surface area contributed by atoms with E-state index in [1.165, 1.54) is 0 Å². The van der Waals surface area contributed by atoms with Crippen molar-refractivity contribution in [3.63, 3.8) is 0 Å². The lowest BCUT2D eigenvalue weighted by atomic mass is 9.57. The van der Waals surface area contributed by atoms with Crippen LogP contribution >= 0.6 is 0 Å². The van der Waals surface area contributed by atoms with Crippen molar-refractivity contribution in [3.8, 4) is 11.1 Å². The molecule has 2 aromatic rings. The molecule has 0 unspecified atom stereocenters. The van der Waals surface area contributed by atoms with Crippen LogP contribution in [0.15, 0.2) is 42.5 Å². The van der Waals surface area contributed by atoms with Crippen LogP contribution in [0.5, 0.6) is 0 Å². The Labute approximate surface area is 165 Å². The van der Waals surface area contributed by atoms with Crippen molar-refractivity contribution in [2.24, 2.45) is 10.8 Å². The van der Waals surface area contributed by atoms with Crippen molar-refractivity contribution in [2.75, 3.05) is 0 Å². The Morgan fingerprint density at radius 1 is 0.786 bits per heavy atom. The van der Waals surface area contributed by atoms with Crippen LogP contribution in [0.4, 0.5) is 0 Å². The third-order valence-corrected chi connectivity index (χ3v) is 5.86. The molecule has 3 rings (SSSR count). The summed E-state index contributed by atoms with van der Waals surface area (Å²) in [5.74, 6) is -1.99. The molecule has 0 amide bonds. The maximum atomic E-state index is 13.2. The molecule has 4 nitrogen and oxygen atoms in total. The molecule has 0 spiro atoms. The van der Waals surface area contributed by atoms with Gasteiger partial charge in [0.25, 0.3) is 0 Å². The Balaban J connectivity index is 2.14. The van der Waals surface area contributed by atoms with Gasteiger partial charge in [0.15, 0.2) is 17.3 Å². The normalized spacial score (nSPS) is 19.0. The molecule has 0 aromatic heterocycles. The molecule has 1 saturated carbocycles. The lowest BCUT2D eigenvalue weighted by Gasteiger charge is -2.41. The van der Waals surface area contributed by atoms with Crippen molar-refractivity contribution in [3.05, 3.63) is 59.2 Å². The molecule has 0 bridgehead atoms. The van der Waals surface area contributed by atoms with Gasteiger partial charge in [0.05, 0.1) is 10.8 Å². The molecule has 144 valence electrons. The number of aryl methyl sites for hydroxylation is 1. The average Bonchev–Trinajstić information content (AvgIpc) is 2.67. The maximum absolute atomic E-state index is 13.2. The van der Waals surface area contributed by atoms with Crippen LogP contribution in [0.1, 0.15) is 55.1 Å². The highest BCUT2D eigenvalue weighted by Gasteiger charge is 2.58. The Bertz CT molecular complexity index is 964. The highest BCUT2D eigenvalue weighted by Crippen LogP contribution is 2.45. The zero-order valence-corrected chi connectivity index (χ0v) is 16.8. The zero-order valence-electron chi connectivity index (χ0n) is 16.8. The van der Waals surface area contributed by atoms with Crippen molar-refractivity contribution in [1.82, 2.24) is 0 Å². The minimum Gasteiger partial charge on any atom is -0.298 e. The summed E-state index contributed by atoms with van der Waals surface area (Å²) < 4.78 is 0. The van der Waals surface area contributed by atoms with Gasteiger partial charge in [-0.25, -0.2) is 0 Å². The second kappa shape index (κ2) is 6.62. The van der Waals surface area contributed by atoms with Gasteiger partial charge >= 0.3 is 0 Å². The van der Waals surface area contributed by atoms with E-state index in [1.807, 2.05) is 37.3 Å². The van der Waals surface area contributed by atoms with Crippen LogP contribution in [0.3, 0.4) is 0 Å². The highest BCUT2D eigenvalue weighted by atomic mass is 16.2. The molecule has 0 heterocycles. The Morgan fingerprint density at radius 3 is 1.79 bits per heavy atom. The summed E-state index contributed by atoms with van der Waals surface area (Å²) in [4.78, 5) is 49.9. The van der Waals surface area contributed by atoms with E-state index in [0.29, 0.717) is 11.1 Å². The van der Waals surface area contributed by atoms with Crippen molar-refractivity contribution in [1.29, 1.82) is 0 Å². The summed E-state index contributed by atoms with van der Waals surface area (Å²) in [6.45, 7) is 8.30. The first-order valence-corrected chi connectivity index (χ1v) is 9.31.